The normalized spacial score (nSPS) is 11.9. The number of carbonyl (C=O) groups is 1. The lowest BCUT2D eigenvalue weighted by molar-refractivity contribution is -0.117. The number of rotatable bonds is 7. The maximum Gasteiger partial charge on any atom is 0.262 e. The molecule has 0 aliphatic carbocycles. The Morgan fingerprint density at radius 2 is 1.72 bits per heavy atom. The summed E-state index contributed by atoms with van der Waals surface area (Å²) >= 11 is 0. The van der Waals surface area contributed by atoms with Crippen LogP contribution in [0.2, 0.25) is 0 Å². The van der Waals surface area contributed by atoms with Gasteiger partial charge in [-0.05, 0) is 41.8 Å². The number of nitrogens with zero attached hydrogens (tertiary/aromatic N) is 1. The van der Waals surface area contributed by atoms with E-state index in [1.54, 1.807) is 6.08 Å². The predicted molar refractivity (Wildman–Crippen MR) is 114 cm³/mol. The molecule has 4 heteroatoms. The molecule has 29 heavy (non-hydrogen) atoms. The van der Waals surface area contributed by atoms with Gasteiger partial charge in [-0.15, -0.1) is 0 Å². The van der Waals surface area contributed by atoms with Crippen LogP contribution in [-0.2, 0) is 11.4 Å². The van der Waals surface area contributed by atoms with Crippen molar-refractivity contribution in [3.05, 3.63) is 107 Å². The molecule has 0 aromatic heterocycles. The lowest BCUT2D eigenvalue weighted by Gasteiger charge is -2.13. The molecule has 4 nitrogen and oxygen atoms in total. The van der Waals surface area contributed by atoms with Gasteiger partial charge in [-0.1, -0.05) is 72.8 Å². The van der Waals surface area contributed by atoms with E-state index in [4.69, 9.17) is 4.74 Å². The van der Waals surface area contributed by atoms with Crippen molar-refractivity contribution in [1.82, 2.24) is 5.32 Å². The summed E-state index contributed by atoms with van der Waals surface area (Å²) in [5.74, 6) is 0.275. The fraction of sp³-hybridized carbons (Fsp3) is 0.120. The molecule has 0 bridgehead atoms. The van der Waals surface area contributed by atoms with Crippen molar-refractivity contribution in [2.45, 2.75) is 19.6 Å². The van der Waals surface area contributed by atoms with Crippen molar-refractivity contribution in [1.29, 1.82) is 5.26 Å². The van der Waals surface area contributed by atoms with Gasteiger partial charge in [0.25, 0.3) is 5.91 Å². The smallest absolute Gasteiger partial charge is 0.262 e. The second kappa shape index (κ2) is 9.91. The Labute approximate surface area is 171 Å². The first-order valence-corrected chi connectivity index (χ1v) is 9.40. The molecule has 3 rings (SSSR count). The summed E-state index contributed by atoms with van der Waals surface area (Å²) in [4.78, 5) is 12.5. The van der Waals surface area contributed by atoms with Crippen LogP contribution in [0.3, 0.4) is 0 Å². The maximum absolute atomic E-state index is 12.5. The van der Waals surface area contributed by atoms with Crippen LogP contribution in [0, 0.1) is 11.3 Å². The number of nitriles is 1. The lowest BCUT2D eigenvalue weighted by atomic mass is 10.1. The Hall–Kier alpha value is -3.84. The summed E-state index contributed by atoms with van der Waals surface area (Å²) in [6.07, 6.45) is 1.57. The molecule has 1 atom stereocenters. The maximum atomic E-state index is 12.5. The molecule has 1 unspecified atom stereocenters. The van der Waals surface area contributed by atoms with E-state index in [2.05, 4.69) is 5.32 Å². The van der Waals surface area contributed by atoms with E-state index in [1.165, 1.54) is 0 Å². The molecule has 0 radical (unpaired) electrons. The highest BCUT2D eigenvalue weighted by Crippen LogP contribution is 2.18. The average molecular weight is 382 g/mol. The summed E-state index contributed by atoms with van der Waals surface area (Å²) in [6, 6.07) is 28.7. The molecule has 0 spiro atoms. The van der Waals surface area contributed by atoms with Gasteiger partial charge >= 0.3 is 0 Å². The predicted octanol–water partition coefficient (Wildman–Crippen LogP) is 5.05. The fourth-order valence-electron chi connectivity index (χ4n) is 2.85. The first kappa shape index (κ1) is 19.9. The molecule has 1 amide bonds. The third-order valence-electron chi connectivity index (χ3n) is 4.43. The van der Waals surface area contributed by atoms with Crippen molar-refractivity contribution in [3.63, 3.8) is 0 Å². The van der Waals surface area contributed by atoms with Gasteiger partial charge in [-0.25, -0.2) is 0 Å². The number of carbonyl (C=O) groups excluding carboxylic acids is 1. The Morgan fingerprint density at radius 3 is 2.41 bits per heavy atom. The van der Waals surface area contributed by atoms with E-state index in [1.807, 2.05) is 97.9 Å². The number of nitrogens with one attached hydrogen (secondary N) is 1. The molecule has 0 heterocycles. The monoisotopic (exact) mass is 382 g/mol. The van der Waals surface area contributed by atoms with Crippen molar-refractivity contribution >= 4 is 12.0 Å². The third kappa shape index (κ3) is 5.82. The number of hydrogen-bond acceptors (Lipinski definition) is 3. The third-order valence-corrected chi connectivity index (χ3v) is 4.43. The fourth-order valence-corrected chi connectivity index (χ4v) is 2.85. The SMILES string of the molecule is CC(NC(=O)/C(C#N)=C/c1cccc(OCc2ccccc2)c1)c1ccccc1. The highest BCUT2D eigenvalue weighted by Gasteiger charge is 2.13. The Morgan fingerprint density at radius 1 is 1.03 bits per heavy atom. The van der Waals surface area contributed by atoms with Crippen LogP contribution in [0.4, 0.5) is 0 Å². The summed E-state index contributed by atoms with van der Waals surface area (Å²) in [6.45, 7) is 2.34. The molecule has 0 saturated heterocycles. The van der Waals surface area contributed by atoms with Crippen LogP contribution in [0.5, 0.6) is 5.75 Å². The van der Waals surface area contributed by atoms with Gasteiger partial charge in [0.2, 0.25) is 0 Å². The van der Waals surface area contributed by atoms with Gasteiger partial charge in [0.15, 0.2) is 0 Å². The van der Waals surface area contributed by atoms with Crippen LogP contribution in [0.25, 0.3) is 6.08 Å². The summed E-state index contributed by atoms with van der Waals surface area (Å²) in [5, 5.41) is 12.3. The zero-order chi connectivity index (χ0) is 20.5. The largest absolute Gasteiger partial charge is 0.489 e. The summed E-state index contributed by atoms with van der Waals surface area (Å²) in [7, 11) is 0. The first-order valence-electron chi connectivity index (χ1n) is 9.40. The molecule has 144 valence electrons. The van der Waals surface area contributed by atoms with Crippen molar-refractivity contribution in [3.8, 4) is 11.8 Å². The standard InChI is InChI=1S/C25H22N2O2/c1-19(22-12-6-3-7-13-22)27-25(28)23(17-26)15-21-11-8-14-24(16-21)29-18-20-9-4-2-5-10-20/h2-16,19H,18H2,1H3,(H,27,28)/b23-15+. The van der Waals surface area contributed by atoms with E-state index in [9.17, 15) is 10.1 Å². The van der Waals surface area contributed by atoms with E-state index >= 15 is 0 Å². The van der Waals surface area contributed by atoms with Crippen LogP contribution in [0.15, 0.2) is 90.5 Å². The molecule has 3 aromatic carbocycles. The van der Waals surface area contributed by atoms with Gasteiger partial charge in [0.05, 0.1) is 6.04 Å². The molecular weight excluding hydrogens is 360 g/mol. The lowest BCUT2D eigenvalue weighted by Crippen LogP contribution is -2.27. The van der Waals surface area contributed by atoms with E-state index < -0.39 is 5.91 Å². The molecule has 0 aliphatic rings. The summed E-state index contributed by atoms with van der Waals surface area (Å²) < 4.78 is 5.82. The molecule has 0 fully saturated rings. The zero-order valence-electron chi connectivity index (χ0n) is 16.2. The van der Waals surface area contributed by atoms with Crippen molar-refractivity contribution in [2.24, 2.45) is 0 Å². The number of hydrogen-bond donors (Lipinski definition) is 1. The van der Waals surface area contributed by atoms with E-state index in [-0.39, 0.29) is 11.6 Å². The minimum absolute atomic E-state index is 0.0491. The van der Waals surface area contributed by atoms with Gasteiger partial charge in [0, 0.05) is 0 Å². The average Bonchev–Trinajstić information content (AvgIpc) is 2.77. The molecule has 0 aliphatic heterocycles. The van der Waals surface area contributed by atoms with Gasteiger partial charge in [-0.2, -0.15) is 5.26 Å². The highest BCUT2D eigenvalue weighted by atomic mass is 16.5. The number of amides is 1. The van der Waals surface area contributed by atoms with Crippen molar-refractivity contribution < 1.29 is 9.53 Å². The second-order valence-corrected chi connectivity index (χ2v) is 6.62. The Bertz CT molecular complexity index is 1020. The van der Waals surface area contributed by atoms with Crippen LogP contribution >= 0.6 is 0 Å². The molecule has 1 N–H and O–H groups in total. The van der Waals surface area contributed by atoms with Crippen LogP contribution in [0.1, 0.15) is 29.7 Å². The summed E-state index contributed by atoms with van der Waals surface area (Å²) in [5.41, 5.74) is 2.83. The Balaban J connectivity index is 1.68. The number of ether oxygens (including phenoxy) is 1. The Kier molecular flexibility index (Phi) is 6.80. The van der Waals surface area contributed by atoms with Crippen LogP contribution in [-0.4, -0.2) is 5.91 Å². The van der Waals surface area contributed by atoms with Gasteiger partial charge < -0.3 is 10.1 Å². The van der Waals surface area contributed by atoms with E-state index in [0.29, 0.717) is 12.4 Å². The van der Waals surface area contributed by atoms with Crippen molar-refractivity contribution in [2.75, 3.05) is 0 Å². The van der Waals surface area contributed by atoms with Gasteiger partial charge in [-0.3, -0.25) is 4.79 Å². The molecule has 0 saturated carbocycles. The zero-order valence-corrected chi connectivity index (χ0v) is 16.2. The minimum atomic E-state index is -0.403. The van der Waals surface area contributed by atoms with Gasteiger partial charge in [0.1, 0.15) is 24.0 Å². The highest BCUT2D eigenvalue weighted by molar-refractivity contribution is 6.01. The molecular formula is C25H22N2O2. The quantitative estimate of drug-likeness (QED) is 0.459. The molecule has 3 aromatic rings. The first-order chi connectivity index (χ1) is 14.2. The topological polar surface area (TPSA) is 62.1 Å². The van der Waals surface area contributed by atoms with E-state index in [0.717, 1.165) is 16.7 Å². The minimum Gasteiger partial charge on any atom is -0.489 e. The van der Waals surface area contributed by atoms with Crippen LogP contribution < -0.4 is 10.1 Å². The number of benzene rings is 3. The second-order valence-electron chi connectivity index (χ2n) is 6.62.